The highest BCUT2D eigenvalue weighted by Crippen LogP contribution is 2.05. The minimum absolute atomic E-state index is 0.000732. The van der Waals surface area contributed by atoms with Crippen molar-refractivity contribution in [2.45, 2.75) is 39.7 Å². The number of carbonyl (C=O) groups is 1. The Hall–Kier alpha value is -0.650. The van der Waals surface area contributed by atoms with Crippen LogP contribution in [0.4, 0.5) is 0 Å². The van der Waals surface area contributed by atoms with Gasteiger partial charge in [0.15, 0.2) is 0 Å². The molecule has 0 aromatic carbocycles. The SMILES string of the molecule is CC(=O)NC[C@H]1CN(CCOCCCC(C)C)CCO1. The molecule has 1 N–H and O–H groups in total. The van der Waals surface area contributed by atoms with Crippen LogP contribution >= 0.6 is 0 Å². The molecule has 5 heteroatoms. The molecular formula is C15H30N2O3. The third-order valence-electron chi connectivity index (χ3n) is 3.42. The molecule has 0 aromatic heterocycles. The average Bonchev–Trinajstić information content (AvgIpc) is 2.40. The first kappa shape index (κ1) is 17.4. The Balaban J connectivity index is 2.04. The second kappa shape index (κ2) is 10.1. The van der Waals surface area contributed by atoms with Gasteiger partial charge in [0.1, 0.15) is 0 Å². The highest BCUT2D eigenvalue weighted by atomic mass is 16.5. The lowest BCUT2D eigenvalue weighted by Crippen LogP contribution is -2.48. The van der Waals surface area contributed by atoms with E-state index in [1.54, 1.807) is 0 Å². The van der Waals surface area contributed by atoms with Crippen molar-refractivity contribution >= 4 is 5.91 Å². The maximum atomic E-state index is 10.9. The number of morpholine rings is 1. The molecule has 1 amide bonds. The molecule has 1 atom stereocenters. The van der Waals surface area contributed by atoms with Crippen molar-refractivity contribution < 1.29 is 14.3 Å². The lowest BCUT2D eigenvalue weighted by Gasteiger charge is -2.32. The van der Waals surface area contributed by atoms with E-state index >= 15 is 0 Å². The maximum Gasteiger partial charge on any atom is 0.216 e. The van der Waals surface area contributed by atoms with Crippen molar-refractivity contribution in [1.82, 2.24) is 10.2 Å². The Kier molecular flexibility index (Phi) is 8.82. The third kappa shape index (κ3) is 8.51. The van der Waals surface area contributed by atoms with E-state index in [1.807, 2.05) is 0 Å². The van der Waals surface area contributed by atoms with Crippen LogP contribution in [0.3, 0.4) is 0 Å². The first-order valence-electron chi connectivity index (χ1n) is 7.74. The van der Waals surface area contributed by atoms with Gasteiger partial charge in [0.05, 0.1) is 19.3 Å². The van der Waals surface area contributed by atoms with Gasteiger partial charge in [0.2, 0.25) is 5.91 Å². The maximum absolute atomic E-state index is 10.9. The number of hydrogen-bond donors (Lipinski definition) is 1. The molecule has 1 aliphatic rings. The van der Waals surface area contributed by atoms with Gasteiger partial charge in [-0.25, -0.2) is 0 Å². The molecule has 0 radical (unpaired) electrons. The lowest BCUT2D eigenvalue weighted by molar-refractivity contribution is -0.120. The quantitative estimate of drug-likeness (QED) is 0.649. The molecule has 0 spiro atoms. The van der Waals surface area contributed by atoms with E-state index in [9.17, 15) is 4.79 Å². The van der Waals surface area contributed by atoms with Gasteiger partial charge in [0, 0.05) is 39.7 Å². The van der Waals surface area contributed by atoms with Crippen LogP contribution in [0.2, 0.25) is 0 Å². The summed E-state index contributed by atoms with van der Waals surface area (Å²) in [5.41, 5.74) is 0. The van der Waals surface area contributed by atoms with Crippen molar-refractivity contribution in [1.29, 1.82) is 0 Å². The largest absolute Gasteiger partial charge is 0.380 e. The highest BCUT2D eigenvalue weighted by molar-refractivity contribution is 5.72. The number of rotatable bonds is 9. The molecule has 1 heterocycles. The van der Waals surface area contributed by atoms with Crippen LogP contribution in [0.1, 0.15) is 33.6 Å². The van der Waals surface area contributed by atoms with Crippen molar-refractivity contribution in [2.24, 2.45) is 5.92 Å². The van der Waals surface area contributed by atoms with E-state index in [-0.39, 0.29) is 12.0 Å². The molecule has 0 unspecified atom stereocenters. The fourth-order valence-electron chi connectivity index (χ4n) is 2.25. The fraction of sp³-hybridized carbons (Fsp3) is 0.933. The van der Waals surface area contributed by atoms with E-state index in [1.165, 1.54) is 13.3 Å². The van der Waals surface area contributed by atoms with Crippen LogP contribution in [-0.2, 0) is 14.3 Å². The Morgan fingerprint density at radius 1 is 1.45 bits per heavy atom. The highest BCUT2D eigenvalue weighted by Gasteiger charge is 2.20. The lowest BCUT2D eigenvalue weighted by atomic mass is 10.1. The Morgan fingerprint density at radius 2 is 2.25 bits per heavy atom. The number of ether oxygens (including phenoxy) is 2. The van der Waals surface area contributed by atoms with Crippen LogP contribution < -0.4 is 5.32 Å². The summed E-state index contributed by atoms with van der Waals surface area (Å²) in [6.45, 7) is 11.8. The third-order valence-corrected chi connectivity index (χ3v) is 3.42. The zero-order valence-electron chi connectivity index (χ0n) is 13.2. The summed E-state index contributed by atoms with van der Waals surface area (Å²) < 4.78 is 11.3. The van der Waals surface area contributed by atoms with Crippen LogP contribution in [0.5, 0.6) is 0 Å². The second-order valence-electron chi connectivity index (χ2n) is 5.88. The molecule has 0 bridgehead atoms. The van der Waals surface area contributed by atoms with Crippen molar-refractivity contribution in [3.63, 3.8) is 0 Å². The molecule has 0 aliphatic carbocycles. The predicted octanol–water partition coefficient (Wildman–Crippen LogP) is 1.28. The van der Waals surface area contributed by atoms with E-state index in [0.717, 1.165) is 51.8 Å². The average molecular weight is 286 g/mol. The molecule has 0 saturated carbocycles. The summed E-state index contributed by atoms with van der Waals surface area (Å²) >= 11 is 0. The minimum Gasteiger partial charge on any atom is -0.380 e. The van der Waals surface area contributed by atoms with Gasteiger partial charge in [-0.3, -0.25) is 9.69 Å². The summed E-state index contributed by atoms with van der Waals surface area (Å²) in [5, 5.41) is 2.81. The van der Waals surface area contributed by atoms with Crippen molar-refractivity contribution in [3.05, 3.63) is 0 Å². The summed E-state index contributed by atoms with van der Waals surface area (Å²) in [7, 11) is 0. The number of hydrogen-bond acceptors (Lipinski definition) is 4. The first-order valence-corrected chi connectivity index (χ1v) is 7.74. The van der Waals surface area contributed by atoms with E-state index < -0.39 is 0 Å². The minimum atomic E-state index is -0.000732. The van der Waals surface area contributed by atoms with Crippen LogP contribution in [0.25, 0.3) is 0 Å². The zero-order chi connectivity index (χ0) is 14.8. The van der Waals surface area contributed by atoms with Crippen LogP contribution in [0.15, 0.2) is 0 Å². The summed E-state index contributed by atoms with van der Waals surface area (Å²) in [5.74, 6) is 0.756. The summed E-state index contributed by atoms with van der Waals surface area (Å²) in [6, 6.07) is 0. The van der Waals surface area contributed by atoms with Gasteiger partial charge >= 0.3 is 0 Å². The molecule has 0 aromatic rings. The van der Waals surface area contributed by atoms with Gasteiger partial charge in [0.25, 0.3) is 0 Å². The molecule has 5 nitrogen and oxygen atoms in total. The Bertz CT molecular complexity index is 272. The topological polar surface area (TPSA) is 50.8 Å². The van der Waals surface area contributed by atoms with E-state index in [0.29, 0.717) is 6.54 Å². The van der Waals surface area contributed by atoms with Gasteiger partial charge in [-0.1, -0.05) is 13.8 Å². The van der Waals surface area contributed by atoms with Crippen molar-refractivity contribution in [3.8, 4) is 0 Å². The smallest absolute Gasteiger partial charge is 0.216 e. The molecule has 1 fully saturated rings. The Morgan fingerprint density at radius 3 is 2.95 bits per heavy atom. The van der Waals surface area contributed by atoms with Gasteiger partial charge in [-0.15, -0.1) is 0 Å². The molecule has 20 heavy (non-hydrogen) atoms. The summed E-state index contributed by atoms with van der Waals surface area (Å²) in [6.07, 6.45) is 2.48. The Labute approximate surface area is 123 Å². The summed E-state index contributed by atoms with van der Waals surface area (Å²) in [4.78, 5) is 13.2. The molecule has 1 rings (SSSR count). The first-order chi connectivity index (χ1) is 9.58. The monoisotopic (exact) mass is 286 g/mol. The second-order valence-corrected chi connectivity index (χ2v) is 5.88. The standard InChI is InChI=1S/C15H30N2O3/c1-13(2)5-4-8-19-9-6-17-7-10-20-15(12-17)11-16-14(3)18/h13,15H,4-12H2,1-3H3,(H,16,18)/t15-/m0/s1. The van der Waals surface area contributed by atoms with E-state index in [4.69, 9.17) is 9.47 Å². The molecule has 1 aliphatic heterocycles. The molecular weight excluding hydrogens is 256 g/mol. The van der Waals surface area contributed by atoms with Crippen LogP contribution in [-0.4, -0.2) is 62.9 Å². The normalized spacial score (nSPS) is 20.3. The van der Waals surface area contributed by atoms with Gasteiger partial charge in [-0.2, -0.15) is 0 Å². The van der Waals surface area contributed by atoms with Crippen LogP contribution in [0, 0.1) is 5.92 Å². The predicted molar refractivity (Wildman–Crippen MR) is 79.8 cm³/mol. The number of amides is 1. The van der Waals surface area contributed by atoms with Gasteiger partial charge in [-0.05, 0) is 18.8 Å². The number of nitrogens with one attached hydrogen (secondary N) is 1. The zero-order valence-corrected chi connectivity index (χ0v) is 13.2. The number of nitrogens with zero attached hydrogens (tertiary/aromatic N) is 1. The van der Waals surface area contributed by atoms with E-state index in [2.05, 4.69) is 24.1 Å². The fourth-order valence-corrected chi connectivity index (χ4v) is 2.25. The van der Waals surface area contributed by atoms with Crippen molar-refractivity contribution in [2.75, 3.05) is 46.0 Å². The number of carbonyl (C=O) groups excluding carboxylic acids is 1. The molecule has 1 saturated heterocycles. The molecule has 118 valence electrons. The van der Waals surface area contributed by atoms with Gasteiger partial charge < -0.3 is 14.8 Å².